The number of carbonyl (C=O) groups excluding carboxylic acids is 1. The summed E-state index contributed by atoms with van der Waals surface area (Å²) in [5.74, 6) is -0.726. The summed E-state index contributed by atoms with van der Waals surface area (Å²) in [4.78, 5) is 15.9. The van der Waals surface area contributed by atoms with Gasteiger partial charge in [0.05, 0.1) is 24.1 Å². The lowest BCUT2D eigenvalue weighted by Crippen LogP contribution is -2.09. The van der Waals surface area contributed by atoms with Crippen molar-refractivity contribution >= 4 is 11.8 Å². The third-order valence-corrected chi connectivity index (χ3v) is 3.10. The minimum atomic E-state index is -0.654. The Kier molecular flexibility index (Phi) is 5.08. The van der Waals surface area contributed by atoms with E-state index in [4.69, 9.17) is 4.74 Å². The van der Waals surface area contributed by atoms with Crippen LogP contribution < -0.4 is 5.32 Å². The van der Waals surface area contributed by atoms with Gasteiger partial charge in [0.25, 0.3) is 0 Å². The molecule has 0 saturated heterocycles. The first-order valence-electron chi connectivity index (χ1n) is 7.26. The minimum Gasteiger partial charge on any atom is -0.462 e. The van der Waals surface area contributed by atoms with Gasteiger partial charge in [0.2, 0.25) is 5.95 Å². The Morgan fingerprint density at radius 1 is 1.36 bits per heavy atom. The number of pyridine rings is 1. The number of rotatable bonds is 6. The van der Waals surface area contributed by atoms with E-state index in [9.17, 15) is 9.18 Å². The van der Waals surface area contributed by atoms with E-state index < -0.39 is 11.9 Å². The van der Waals surface area contributed by atoms with Crippen LogP contribution in [0.4, 0.5) is 10.2 Å². The van der Waals surface area contributed by atoms with Gasteiger partial charge in [-0.05, 0) is 32.9 Å². The molecule has 0 fully saturated rings. The summed E-state index contributed by atoms with van der Waals surface area (Å²) in [6, 6.07) is 3.26. The highest BCUT2D eigenvalue weighted by Gasteiger charge is 2.22. The normalized spacial score (nSPS) is 10.5. The van der Waals surface area contributed by atoms with E-state index >= 15 is 0 Å². The smallest absolute Gasteiger partial charge is 0.341 e. The quantitative estimate of drug-likeness (QED) is 0.656. The molecule has 0 atom stereocenters. The maximum atomic E-state index is 14.3. The van der Waals surface area contributed by atoms with Crippen molar-refractivity contribution < 1.29 is 13.9 Å². The first-order chi connectivity index (χ1) is 10.6. The van der Waals surface area contributed by atoms with Crippen molar-refractivity contribution in [1.29, 1.82) is 0 Å². The summed E-state index contributed by atoms with van der Waals surface area (Å²) in [7, 11) is 0. The van der Waals surface area contributed by atoms with Crippen molar-refractivity contribution in [2.75, 3.05) is 18.5 Å². The highest BCUT2D eigenvalue weighted by Crippen LogP contribution is 2.27. The fourth-order valence-corrected chi connectivity index (χ4v) is 2.16. The molecule has 0 amide bonds. The molecule has 7 heteroatoms. The molecule has 2 heterocycles. The van der Waals surface area contributed by atoms with Crippen LogP contribution >= 0.6 is 0 Å². The molecule has 0 bridgehead atoms. The summed E-state index contributed by atoms with van der Waals surface area (Å²) in [6.45, 7) is 6.88. The van der Waals surface area contributed by atoms with Crippen LogP contribution in [0.3, 0.4) is 0 Å². The monoisotopic (exact) mass is 306 g/mol. The van der Waals surface area contributed by atoms with Crippen molar-refractivity contribution in [2.45, 2.75) is 27.3 Å². The van der Waals surface area contributed by atoms with Gasteiger partial charge in [-0.1, -0.05) is 0 Å². The number of ether oxygens (including phenoxy) is 1. The first kappa shape index (κ1) is 15.9. The van der Waals surface area contributed by atoms with E-state index in [1.54, 1.807) is 23.7 Å². The third kappa shape index (κ3) is 3.08. The molecule has 0 aliphatic carbocycles. The molecule has 2 aromatic heterocycles. The summed E-state index contributed by atoms with van der Waals surface area (Å²) >= 11 is 0. The number of aromatic nitrogens is 3. The van der Waals surface area contributed by atoms with E-state index in [0.717, 1.165) is 0 Å². The predicted octanol–water partition coefficient (Wildman–Crippen LogP) is 2.71. The van der Waals surface area contributed by atoms with Gasteiger partial charge < -0.3 is 10.1 Å². The van der Waals surface area contributed by atoms with E-state index in [0.29, 0.717) is 24.6 Å². The lowest BCUT2D eigenvalue weighted by Gasteiger charge is -2.10. The van der Waals surface area contributed by atoms with E-state index in [1.807, 2.05) is 13.8 Å². The molecular weight excluding hydrogens is 287 g/mol. The third-order valence-electron chi connectivity index (χ3n) is 3.10. The maximum absolute atomic E-state index is 14.3. The number of carbonyl (C=O) groups is 1. The van der Waals surface area contributed by atoms with Crippen LogP contribution in [0.25, 0.3) is 11.3 Å². The van der Waals surface area contributed by atoms with E-state index in [-0.39, 0.29) is 17.7 Å². The Labute approximate surface area is 128 Å². The summed E-state index contributed by atoms with van der Waals surface area (Å²) < 4.78 is 20.9. The molecule has 0 unspecified atom stereocenters. The van der Waals surface area contributed by atoms with Crippen molar-refractivity contribution in [3.63, 3.8) is 0 Å². The zero-order valence-electron chi connectivity index (χ0n) is 12.9. The number of nitrogens with zero attached hydrogens (tertiary/aromatic N) is 3. The van der Waals surface area contributed by atoms with Gasteiger partial charge in [-0.15, -0.1) is 0 Å². The molecule has 2 aromatic rings. The first-order valence-corrected chi connectivity index (χ1v) is 7.26. The lowest BCUT2D eigenvalue weighted by molar-refractivity contribution is 0.0527. The minimum absolute atomic E-state index is 0.226. The molecule has 0 saturated carbocycles. The van der Waals surface area contributed by atoms with Gasteiger partial charge in [-0.3, -0.25) is 4.68 Å². The molecule has 0 spiro atoms. The largest absolute Gasteiger partial charge is 0.462 e. The number of esters is 1. The topological polar surface area (TPSA) is 69.0 Å². The summed E-state index contributed by atoms with van der Waals surface area (Å²) in [5, 5.41) is 7.06. The van der Waals surface area contributed by atoms with Crippen molar-refractivity contribution in [1.82, 2.24) is 14.8 Å². The molecule has 0 radical (unpaired) electrons. The fraction of sp³-hybridized carbons (Fsp3) is 0.400. The number of halogens is 1. The number of anilines is 1. The average Bonchev–Trinajstić information content (AvgIpc) is 2.92. The molecule has 0 aliphatic heterocycles. The Morgan fingerprint density at radius 3 is 2.73 bits per heavy atom. The average molecular weight is 306 g/mol. The number of hydrogen-bond donors (Lipinski definition) is 1. The highest BCUT2D eigenvalue weighted by molar-refractivity contribution is 5.96. The van der Waals surface area contributed by atoms with E-state index in [2.05, 4.69) is 15.4 Å². The second kappa shape index (κ2) is 7.02. The van der Waals surface area contributed by atoms with Gasteiger partial charge >= 0.3 is 5.97 Å². The molecule has 1 N–H and O–H groups in total. The van der Waals surface area contributed by atoms with Crippen molar-refractivity contribution in [3.8, 4) is 11.3 Å². The second-order valence-corrected chi connectivity index (χ2v) is 4.51. The van der Waals surface area contributed by atoms with Crippen LogP contribution in [0, 0.1) is 5.95 Å². The lowest BCUT2D eigenvalue weighted by atomic mass is 10.1. The van der Waals surface area contributed by atoms with Crippen molar-refractivity contribution in [2.24, 2.45) is 0 Å². The van der Waals surface area contributed by atoms with E-state index in [1.165, 1.54) is 6.20 Å². The van der Waals surface area contributed by atoms with Crippen LogP contribution in [0.15, 0.2) is 18.3 Å². The zero-order valence-corrected chi connectivity index (χ0v) is 12.9. The Bertz CT molecular complexity index is 670. The summed E-state index contributed by atoms with van der Waals surface area (Å²) in [6.07, 6.45) is 1.40. The Hall–Kier alpha value is -2.44. The summed E-state index contributed by atoms with van der Waals surface area (Å²) in [5.41, 5.74) is 0.846. The number of nitrogens with one attached hydrogen (secondary N) is 1. The number of aryl methyl sites for hydroxylation is 1. The Morgan fingerprint density at radius 2 is 2.14 bits per heavy atom. The molecule has 0 aliphatic rings. The van der Waals surface area contributed by atoms with Gasteiger partial charge in [-0.25, -0.2) is 9.78 Å². The van der Waals surface area contributed by atoms with Crippen LogP contribution in [-0.2, 0) is 11.3 Å². The molecule has 2 rings (SSSR count). The van der Waals surface area contributed by atoms with Gasteiger partial charge in [0.15, 0.2) is 0 Å². The Balaban J connectivity index is 2.51. The van der Waals surface area contributed by atoms with Crippen molar-refractivity contribution in [3.05, 3.63) is 29.8 Å². The predicted molar refractivity (Wildman–Crippen MR) is 81.2 cm³/mol. The van der Waals surface area contributed by atoms with Gasteiger partial charge in [0, 0.05) is 13.1 Å². The zero-order chi connectivity index (χ0) is 16.1. The number of hydrogen-bond acceptors (Lipinski definition) is 5. The van der Waals surface area contributed by atoms with Crippen LogP contribution in [0.1, 0.15) is 31.1 Å². The molecule has 6 nitrogen and oxygen atoms in total. The highest BCUT2D eigenvalue weighted by atomic mass is 19.1. The molecule has 0 aromatic carbocycles. The fourth-order valence-electron chi connectivity index (χ4n) is 2.16. The molecular formula is C15H19FN4O2. The van der Waals surface area contributed by atoms with Crippen LogP contribution in [-0.4, -0.2) is 33.9 Å². The van der Waals surface area contributed by atoms with Gasteiger partial charge in [-0.2, -0.15) is 9.49 Å². The second-order valence-electron chi connectivity index (χ2n) is 4.51. The van der Waals surface area contributed by atoms with Gasteiger partial charge in [0.1, 0.15) is 11.4 Å². The molecule has 22 heavy (non-hydrogen) atoms. The standard InChI is InChI=1S/C15H19FN4O2/c1-4-17-12-8-7-10(14(16)19-12)13-11(15(21)22-6-3)9-18-20(13)5-2/h7-9H,4-6H2,1-3H3,(H,17,19). The van der Waals surface area contributed by atoms with Crippen LogP contribution in [0.2, 0.25) is 0 Å². The maximum Gasteiger partial charge on any atom is 0.341 e. The SMILES string of the molecule is CCNc1ccc(-c2c(C(=O)OCC)cnn2CC)c(F)n1. The molecule has 118 valence electrons. The van der Waals surface area contributed by atoms with Crippen LogP contribution in [0.5, 0.6) is 0 Å².